The fourth-order valence-electron chi connectivity index (χ4n) is 1.31. The SMILES string of the molecule is CCOC(=O)c1ccc(B(O)O)c(C)c1. The van der Waals surface area contributed by atoms with E-state index >= 15 is 0 Å². The number of carbonyl (C=O) groups excluding carboxylic acids is 1. The van der Waals surface area contributed by atoms with Crippen molar-refractivity contribution in [3.8, 4) is 0 Å². The minimum Gasteiger partial charge on any atom is -0.462 e. The number of esters is 1. The molecule has 0 saturated carbocycles. The molecule has 0 radical (unpaired) electrons. The number of aryl methyl sites for hydroxylation is 1. The summed E-state index contributed by atoms with van der Waals surface area (Å²) in [6, 6.07) is 4.60. The molecule has 0 spiro atoms. The third-order valence-electron chi connectivity index (χ3n) is 2.06. The molecule has 15 heavy (non-hydrogen) atoms. The smallest absolute Gasteiger partial charge is 0.462 e. The van der Waals surface area contributed by atoms with Crippen LogP contribution in [-0.2, 0) is 4.74 Å². The van der Waals surface area contributed by atoms with Gasteiger partial charge in [0, 0.05) is 0 Å². The summed E-state index contributed by atoms with van der Waals surface area (Å²) in [7, 11) is -1.51. The Morgan fingerprint density at radius 2 is 2.13 bits per heavy atom. The summed E-state index contributed by atoms with van der Waals surface area (Å²) >= 11 is 0. The number of hydrogen-bond donors (Lipinski definition) is 2. The predicted octanol–water partition coefficient (Wildman–Crippen LogP) is -0.148. The maximum absolute atomic E-state index is 11.3. The van der Waals surface area contributed by atoms with Crippen LogP contribution in [0.3, 0.4) is 0 Å². The molecular weight excluding hydrogens is 195 g/mol. The van der Waals surface area contributed by atoms with Gasteiger partial charge in [-0.25, -0.2) is 4.79 Å². The highest BCUT2D eigenvalue weighted by Gasteiger charge is 2.15. The summed E-state index contributed by atoms with van der Waals surface area (Å²) in [5.41, 5.74) is 1.46. The normalized spacial score (nSPS) is 9.87. The quantitative estimate of drug-likeness (QED) is 0.535. The van der Waals surface area contributed by atoms with E-state index in [0.29, 0.717) is 23.2 Å². The molecule has 1 aromatic rings. The van der Waals surface area contributed by atoms with Gasteiger partial charge in [-0.05, 0) is 31.4 Å². The monoisotopic (exact) mass is 208 g/mol. The second-order valence-electron chi connectivity index (χ2n) is 3.17. The maximum Gasteiger partial charge on any atom is 0.488 e. The van der Waals surface area contributed by atoms with Gasteiger partial charge in [-0.1, -0.05) is 11.6 Å². The molecule has 5 heteroatoms. The zero-order valence-corrected chi connectivity index (χ0v) is 8.73. The van der Waals surface area contributed by atoms with Crippen molar-refractivity contribution in [2.75, 3.05) is 6.61 Å². The van der Waals surface area contributed by atoms with Crippen LogP contribution in [0.15, 0.2) is 18.2 Å². The molecule has 2 N–H and O–H groups in total. The molecule has 0 aliphatic carbocycles. The Morgan fingerprint density at radius 3 is 2.60 bits per heavy atom. The second-order valence-corrected chi connectivity index (χ2v) is 3.17. The largest absolute Gasteiger partial charge is 0.488 e. The number of benzene rings is 1. The van der Waals surface area contributed by atoms with E-state index in [4.69, 9.17) is 14.8 Å². The summed E-state index contributed by atoms with van der Waals surface area (Å²) in [4.78, 5) is 11.3. The fourth-order valence-corrected chi connectivity index (χ4v) is 1.31. The van der Waals surface area contributed by atoms with Gasteiger partial charge in [0.2, 0.25) is 0 Å². The first-order chi connectivity index (χ1) is 7.06. The Hall–Kier alpha value is -1.33. The third kappa shape index (κ3) is 2.81. The number of ether oxygens (including phenoxy) is 1. The molecule has 1 rings (SSSR count). The highest BCUT2D eigenvalue weighted by atomic mass is 16.5. The third-order valence-corrected chi connectivity index (χ3v) is 2.06. The summed E-state index contributed by atoms with van der Waals surface area (Å²) in [6.07, 6.45) is 0. The van der Waals surface area contributed by atoms with Gasteiger partial charge in [-0.3, -0.25) is 0 Å². The maximum atomic E-state index is 11.3. The average molecular weight is 208 g/mol. The van der Waals surface area contributed by atoms with Crippen LogP contribution < -0.4 is 5.46 Å². The van der Waals surface area contributed by atoms with Gasteiger partial charge in [0.05, 0.1) is 12.2 Å². The topological polar surface area (TPSA) is 66.8 Å². The van der Waals surface area contributed by atoms with E-state index in [1.165, 1.54) is 12.1 Å². The molecule has 0 saturated heterocycles. The number of carbonyl (C=O) groups is 1. The summed E-state index contributed by atoms with van der Waals surface area (Å²) < 4.78 is 4.82. The lowest BCUT2D eigenvalue weighted by molar-refractivity contribution is 0.0526. The average Bonchev–Trinajstić information content (AvgIpc) is 2.17. The first-order valence-corrected chi connectivity index (χ1v) is 4.70. The lowest BCUT2D eigenvalue weighted by atomic mass is 9.77. The second kappa shape index (κ2) is 4.95. The lowest BCUT2D eigenvalue weighted by Gasteiger charge is -2.07. The molecule has 0 heterocycles. The molecule has 0 unspecified atom stereocenters. The highest BCUT2D eigenvalue weighted by molar-refractivity contribution is 6.59. The standard InChI is InChI=1S/C10H13BO4/c1-3-15-10(12)8-4-5-9(11(13)14)7(2)6-8/h4-6,13-14H,3H2,1-2H3. The molecule has 0 amide bonds. The van der Waals surface area contributed by atoms with E-state index in [0.717, 1.165) is 0 Å². The van der Waals surface area contributed by atoms with Gasteiger partial charge in [0.15, 0.2) is 0 Å². The Morgan fingerprint density at radius 1 is 1.47 bits per heavy atom. The molecule has 4 nitrogen and oxygen atoms in total. The van der Waals surface area contributed by atoms with Crippen molar-refractivity contribution in [2.24, 2.45) is 0 Å². The van der Waals surface area contributed by atoms with E-state index in [2.05, 4.69) is 0 Å². The van der Waals surface area contributed by atoms with Gasteiger partial charge >= 0.3 is 13.1 Å². The van der Waals surface area contributed by atoms with Crippen LogP contribution in [0.1, 0.15) is 22.8 Å². The van der Waals surface area contributed by atoms with Crippen molar-refractivity contribution in [1.82, 2.24) is 0 Å². The first-order valence-electron chi connectivity index (χ1n) is 4.70. The first kappa shape index (κ1) is 11.7. The van der Waals surface area contributed by atoms with Gasteiger partial charge in [-0.15, -0.1) is 0 Å². The van der Waals surface area contributed by atoms with Crippen molar-refractivity contribution < 1.29 is 19.6 Å². The van der Waals surface area contributed by atoms with Crippen molar-refractivity contribution in [3.63, 3.8) is 0 Å². The minimum absolute atomic E-state index is 0.322. The van der Waals surface area contributed by atoms with E-state index < -0.39 is 13.1 Å². The predicted molar refractivity (Wildman–Crippen MR) is 57.0 cm³/mol. The van der Waals surface area contributed by atoms with Crippen molar-refractivity contribution in [1.29, 1.82) is 0 Å². The van der Waals surface area contributed by atoms with E-state index in [1.54, 1.807) is 19.9 Å². The van der Waals surface area contributed by atoms with Gasteiger partial charge in [0.25, 0.3) is 0 Å². The van der Waals surface area contributed by atoms with Crippen LogP contribution in [0.5, 0.6) is 0 Å². The van der Waals surface area contributed by atoms with Crippen LogP contribution in [0.4, 0.5) is 0 Å². The molecule has 0 bridgehead atoms. The zero-order valence-electron chi connectivity index (χ0n) is 8.73. The summed E-state index contributed by atoms with van der Waals surface area (Å²) in [5.74, 6) is -0.403. The van der Waals surface area contributed by atoms with Crippen molar-refractivity contribution >= 4 is 18.6 Å². The Balaban J connectivity index is 2.96. The molecule has 0 atom stereocenters. The molecule has 0 fully saturated rings. The fraction of sp³-hybridized carbons (Fsp3) is 0.300. The molecular formula is C10H13BO4. The Labute approximate surface area is 88.6 Å². The van der Waals surface area contributed by atoms with Crippen molar-refractivity contribution in [2.45, 2.75) is 13.8 Å². The van der Waals surface area contributed by atoms with Crippen LogP contribution in [0, 0.1) is 6.92 Å². The van der Waals surface area contributed by atoms with Crippen molar-refractivity contribution in [3.05, 3.63) is 29.3 Å². The van der Waals surface area contributed by atoms with Gasteiger partial charge in [-0.2, -0.15) is 0 Å². The summed E-state index contributed by atoms with van der Waals surface area (Å²) in [5, 5.41) is 18.0. The lowest BCUT2D eigenvalue weighted by Crippen LogP contribution is -2.32. The van der Waals surface area contributed by atoms with Crippen LogP contribution >= 0.6 is 0 Å². The number of rotatable bonds is 3. The zero-order chi connectivity index (χ0) is 11.4. The van der Waals surface area contributed by atoms with E-state index in [9.17, 15) is 4.79 Å². The summed E-state index contributed by atoms with van der Waals surface area (Å²) in [6.45, 7) is 3.76. The Bertz CT molecular complexity index is 362. The van der Waals surface area contributed by atoms with Crippen LogP contribution in [0.2, 0.25) is 0 Å². The van der Waals surface area contributed by atoms with Gasteiger partial charge < -0.3 is 14.8 Å². The minimum atomic E-state index is -1.51. The molecule has 0 aliphatic heterocycles. The van der Waals surface area contributed by atoms with Gasteiger partial charge in [0.1, 0.15) is 0 Å². The molecule has 0 aliphatic rings. The van der Waals surface area contributed by atoms with E-state index in [-0.39, 0.29) is 0 Å². The van der Waals surface area contributed by atoms with Crippen LogP contribution in [0.25, 0.3) is 0 Å². The van der Waals surface area contributed by atoms with Crippen LogP contribution in [-0.4, -0.2) is 29.7 Å². The number of hydrogen-bond acceptors (Lipinski definition) is 4. The Kier molecular flexibility index (Phi) is 3.88. The highest BCUT2D eigenvalue weighted by Crippen LogP contribution is 2.04. The molecule has 1 aromatic carbocycles. The molecule has 0 aromatic heterocycles. The molecule has 80 valence electrons. The van der Waals surface area contributed by atoms with E-state index in [1.807, 2.05) is 0 Å².